The summed E-state index contributed by atoms with van der Waals surface area (Å²) in [6, 6.07) is 26.0. The number of nitrogens with zero attached hydrogens (tertiary/aromatic N) is 2. The van der Waals surface area contributed by atoms with Crippen LogP contribution >= 0.6 is 0 Å². The first-order chi connectivity index (χ1) is 16.5. The summed E-state index contributed by atoms with van der Waals surface area (Å²) in [5.74, 6) is -2.22. The first kappa shape index (κ1) is 20.3. The molecule has 2 aliphatic heterocycles. The Morgan fingerprint density at radius 1 is 0.735 bits per heavy atom. The molecule has 0 aliphatic carbocycles. The Labute approximate surface area is 195 Å². The molecular weight excluding hydrogens is 432 g/mol. The number of fused-ring (bicyclic) bond motifs is 2. The molecule has 0 radical (unpaired) electrons. The summed E-state index contributed by atoms with van der Waals surface area (Å²) in [5.41, 5.74) is 1.74. The molecule has 4 aromatic carbocycles. The van der Waals surface area contributed by atoms with Gasteiger partial charge in [-0.3, -0.25) is 14.4 Å². The molecule has 3 atom stereocenters. The van der Waals surface area contributed by atoms with E-state index >= 15 is 0 Å². The third-order valence-electron chi connectivity index (χ3n) is 6.47. The van der Waals surface area contributed by atoms with Crippen molar-refractivity contribution in [3.8, 4) is 11.5 Å². The number of rotatable bonds is 3. The first-order valence-electron chi connectivity index (χ1n) is 10.9. The molecule has 6 rings (SSSR count). The van der Waals surface area contributed by atoms with Crippen LogP contribution in [0, 0.1) is 5.92 Å². The van der Waals surface area contributed by atoms with E-state index in [9.17, 15) is 19.8 Å². The number of anilines is 2. The predicted molar refractivity (Wildman–Crippen MR) is 126 cm³/mol. The second-order valence-electron chi connectivity index (χ2n) is 8.42. The maximum absolute atomic E-state index is 13.8. The summed E-state index contributed by atoms with van der Waals surface area (Å²) in [7, 11) is 0. The number of hydrogen-bond donors (Lipinski definition) is 2. The van der Waals surface area contributed by atoms with E-state index in [2.05, 4.69) is 0 Å². The van der Waals surface area contributed by atoms with Gasteiger partial charge in [-0.15, -0.1) is 0 Å². The highest BCUT2D eigenvalue weighted by atomic mass is 16.7. The van der Waals surface area contributed by atoms with Gasteiger partial charge in [-0.05, 0) is 41.3 Å². The third kappa shape index (κ3) is 2.94. The summed E-state index contributed by atoms with van der Waals surface area (Å²) >= 11 is 0. The highest BCUT2D eigenvalue weighted by molar-refractivity contribution is 6.26. The minimum absolute atomic E-state index is 0.267. The highest BCUT2D eigenvalue weighted by Crippen LogP contribution is 2.49. The second kappa shape index (κ2) is 7.60. The van der Waals surface area contributed by atoms with Crippen LogP contribution in [0.4, 0.5) is 11.4 Å². The zero-order chi connectivity index (χ0) is 23.4. The fourth-order valence-electron chi connectivity index (χ4n) is 4.92. The third-order valence-corrected chi connectivity index (χ3v) is 6.47. The van der Waals surface area contributed by atoms with E-state index in [-0.39, 0.29) is 17.4 Å². The van der Waals surface area contributed by atoms with E-state index in [0.29, 0.717) is 16.9 Å². The van der Waals surface area contributed by atoms with Crippen molar-refractivity contribution in [1.29, 1.82) is 0 Å². The Morgan fingerprint density at radius 2 is 1.47 bits per heavy atom. The predicted octanol–water partition coefficient (Wildman–Crippen LogP) is 4.30. The molecule has 34 heavy (non-hydrogen) atoms. The minimum Gasteiger partial charge on any atom is -0.504 e. The largest absolute Gasteiger partial charge is 0.504 e. The quantitative estimate of drug-likeness (QED) is 0.356. The van der Waals surface area contributed by atoms with Gasteiger partial charge < -0.3 is 10.2 Å². The summed E-state index contributed by atoms with van der Waals surface area (Å²) in [6.07, 6.45) is -1.02. The van der Waals surface area contributed by atoms with Gasteiger partial charge in [-0.1, -0.05) is 60.7 Å². The van der Waals surface area contributed by atoms with Crippen molar-refractivity contribution in [3.05, 3.63) is 96.6 Å². The molecule has 0 saturated carbocycles. The number of phenols is 2. The molecule has 7 nitrogen and oxygen atoms in total. The van der Waals surface area contributed by atoms with Crippen molar-refractivity contribution in [3.63, 3.8) is 0 Å². The van der Waals surface area contributed by atoms with E-state index in [0.717, 1.165) is 10.8 Å². The van der Waals surface area contributed by atoms with Gasteiger partial charge in [0.25, 0.3) is 5.91 Å². The standard InChI is InChI=1S/C27H20N2O5/c30-21-14-13-17(15-22(21)31)24-23-25(34-29(24)18-9-2-1-3-10-18)27(33)28(26(23)32)20-12-6-8-16-7-4-5-11-19(16)20/h1-15,23-25,30-31H/t23-,24+,25+/m1/s1. The van der Waals surface area contributed by atoms with Crippen molar-refractivity contribution >= 4 is 34.0 Å². The monoisotopic (exact) mass is 452 g/mol. The van der Waals surface area contributed by atoms with Crippen LogP contribution in [0.1, 0.15) is 11.6 Å². The second-order valence-corrected chi connectivity index (χ2v) is 8.42. The molecule has 2 fully saturated rings. The van der Waals surface area contributed by atoms with Gasteiger partial charge >= 0.3 is 0 Å². The van der Waals surface area contributed by atoms with Crippen LogP contribution in [0.2, 0.25) is 0 Å². The van der Waals surface area contributed by atoms with Gasteiger partial charge in [0, 0.05) is 5.39 Å². The first-order valence-corrected chi connectivity index (χ1v) is 10.9. The SMILES string of the molecule is O=C1[C@H]2[C@H](ON(c3ccccc3)[C@H]2c2ccc(O)c(O)c2)C(=O)N1c1cccc2ccccc12. The van der Waals surface area contributed by atoms with Crippen molar-refractivity contribution < 1.29 is 24.6 Å². The molecule has 0 aromatic heterocycles. The lowest BCUT2D eigenvalue weighted by atomic mass is 9.90. The summed E-state index contributed by atoms with van der Waals surface area (Å²) in [6.45, 7) is 0. The van der Waals surface area contributed by atoms with Gasteiger partial charge in [-0.2, -0.15) is 0 Å². The lowest BCUT2D eigenvalue weighted by Crippen LogP contribution is -2.37. The zero-order valence-electron chi connectivity index (χ0n) is 17.9. The maximum atomic E-state index is 13.8. The number of carbonyl (C=O) groups excluding carboxylic acids is 2. The van der Waals surface area contributed by atoms with E-state index in [1.807, 2.05) is 66.7 Å². The van der Waals surface area contributed by atoms with Crippen molar-refractivity contribution in [1.82, 2.24) is 0 Å². The summed E-state index contributed by atoms with van der Waals surface area (Å²) in [5, 5.41) is 23.2. The van der Waals surface area contributed by atoms with Gasteiger partial charge in [-0.25, -0.2) is 9.96 Å². The lowest BCUT2D eigenvalue weighted by molar-refractivity contribution is -0.126. The number of hydroxylamine groups is 1. The maximum Gasteiger partial charge on any atom is 0.266 e. The molecule has 0 spiro atoms. The van der Waals surface area contributed by atoms with Crippen LogP contribution in [-0.4, -0.2) is 28.1 Å². The van der Waals surface area contributed by atoms with Gasteiger partial charge in [0.1, 0.15) is 5.92 Å². The molecule has 2 aliphatic rings. The van der Waals surface area contributed by atoms with Crippen molar-refractivity contribution in [2.75, 3.05) is 9.96 Å². The number of aromatic hydroxyl groups is 2. The van der Waals surface area contributed by atoms with Crippen LogP contribution in [-0.2, 0) is 14.4 Å². The molecule has 2 heterocycles. The van der Waals surface area contributed by atoms with Crippen molar-refractivity contribution in [2.45, 2.75) is 12.1 Å². The van der Waals surface area contributed by atoms with E-state index in [1.165, 1.54) is 17.0 Å². The number of phenolic OH excluding ortho intramolecular Hbond substituents is 2. The van der Waals surface area contributed by atoms with Gasteiger partial charge in [0.05, 0.1) is 17.4 Å². The number of para-hydroxylation sites is 1. The smallest absolute Gasteiger partial charge is 0.266 e. The zero-order valence-corrected chi connectivity index (χ0v) is 17.9. The van der Waals surface area contributed by atoms with Crippen molar-refractivity contribution in [2.24, 2.45) is 5.92 Å². The minimum atomic E-state index is -1.02. The van der Waals surface area contributed by atoms with Gasteiger partial charge in [0.15, 0.2) is 17.6 Å². The molecule has 0 bridgehead atoms. The Balaban J connectivity index is 1.48. The van der Waals surface area contributed by atoms with E-state index < -0.39 is 24.0 Å². The van der Waals surface area contributed by atoms with Crippen LogP contribution in [0.3, 0.4) is 0 Å². The Morgan fingerprint density at radius 3 is 2.26 bits per heavy atom. The van der Waals surface area contributed by atoms with E-state index in [1.54, 1.807) is 17.2 Å². The normalized spacial score (nSPS) is 21.9. The fourth-order valence-corrected chi connectivity index (χ4v) is 4.92. The summed E-state index contributed by atoms with van der Waals surface area (Å²) in [4.78, 5) is 34.8. The Kier molecular flexibility index (Phi) is 4.53. The molecule has 168 valence electrons. The topological polar surface area (TPSA) is 90.3 Å². The lowest BCUT2D eigenvalue weighted by Gasteiger charge is -2.29. The number of benzene rings is 4. The van der Waals surface area contributed by atoms with Crippen LogP contribution in [0.25, 0.3) is 10.8 Å². The van der Waals surface area contributed by atoms with Crippen LogP contribution in [0.5, 0.6) is 11.5 Å². The molecular formula is C27H20N2O5. The number of imide groups is 1. The van der Waals surface area contributed by atoms with Crippen LogP contribution in [0.15, 0.2) is 91.0 Å². The molecule has 2 amide bonds. The number of hydrogen-bond acceptors (Lipinski definition) is 6. The van der Waals surface area contributed by atoms with Crippen LogP contribution < -0.4 is 9.96 Å². The Hall–Kier alpha value is -4.36. The van der Waals surface area contributed by atoms with E-state index in [4.69, 9.17) is 4.84 Å². The number of amides is 2. The average Bonchev–Trinajstić information content (AvgIpc) is 3.37. The van der Waals surface area contributed by atoms with Gasteiger partial charge in [0.2, 0.25) is 5.91 Å². The Bertz CT molecular complexity index is 1430. The molecule has 7 heteroatoms. The highest BCUT2D eigenvalue weighted by Gasteiger charge is 2.60. The summed E-state index contributed by atoms with van der Waals surface area (Å²) < 4.78 is 0. The average molecular weight is 452 g/mol. The molecule has 0 unspecified atom stereocenters. The molecule has 2 N–H and O–H groups in total. The molecule has 4 aromatic rings. The fraction of sp³-hybridized carbons (Fsp3) is 0.111. The molecule has 2 saturated heterocycles. The number of carbonyl (C=O) groups is 2.